The molecule has 0 fully saturated rings. The Bertz CT molecular complexity index is 758. The molecule has 0 saturated carbocycles. The highest BCUT2D eigenvalue weighted by Gasteiger charge is 2.31. The van der Waals surface area contributed by atoms with Crippen LogP contribution in [0, 0.1) is 19.7 Å². The Labute approximate surface area is 132 Å². The third-order valence-corrected chi connectivity index (χ3v) is 4.47. The van der Waals surface area contributed by atoms with E-state index in [1.165, 1.54) is 6.07 Å². The summed E-state index contributed by atoms with van der Waals surface area (Å²) in [5.74, 6) is 0.504. The predicted octanol–water partition coefficient (Wildman–Crippen LogP) is 2.90. The number of aromatic nitrogens is 3. The van der Waals surface area contributed by atoms with Crippen LogP contribution in [0.4, 0.5) is 4.39 Å². The number of fused-ring (bicyclic) bond motifs is 1. The van der Waals surface area contributed by atoms with Gasteiger partial charge in [-0.2, -0.15) is 0 Å². The summed E-state index contributed by atoms with van der Waals surface area (Å²) in [7, 11) is 0. The molecule has 1 aromatic carbocycles. The molecule has 0 bridgehead atoms. The second kappa shape index (κ2) is 5.35. The lowest BCUT2D eigenvalue weighted by Gasteiger charge is -2.32. The second-order valence-electron chi connectivity index (χ2n) is 5.62. The Morgan fingerprint density at radius 2 is 2.09 bits per heavy atom. The second-order valence-corrected chi connectivity index (χ2v) is 6.00. The molecule has 1 aliphatic rings. The van der Waals surface area contributed by atoms with Gasteiger partial charge in [-0.1, -0.05) is 17.7 Å². The summed E-state index contributed by atoms with van der Waals surface area (Å²) in [6, 6.07) is 2.87. The van der Waals surface area contributed by atoms with Gasteiger partial charge in [-0.05, 0) is 32.4 Å². The lowest BCUT2D eigenvalue weighted by molar-refractivity contribution is 0.0675. The molecule has 0 radical (unpaired) electrons. The minimum Gasteiger partial charge on any atom is -0.329 e. The van der Waals surface area contributed by atoms with Gasteiger partial charge in [0.2, 0.25) is 0 Å². The lowest BCUT2D eigenvalue weighted by Crippen LogP contribution is -2.41. The number of benzene rings is 1. The topological polar surface area (TPSA) is 51.0 Å². The number of hydrogen-bond donors (Lipinski definition) is 0. The molecule has 2 aromatic rings. The van der Waals surface area contributed by atoms with Crippen LogP contribution in [0.25, 0.3) is 0 Å². The van der Waals surface area contributed by atoms with Crippen molar-refractivity contribution in [2.75, 3.05) is 6.54 Å². The van der Waals surface area contributed by atoms with E-state index < -0.39 is 11.7 Å². The summed E-state index contributed by atoms with van der Waals surface area (Å²) in [5.41, 5.74) is 0.606. The maximum Gasteiger partial charge on any atom is 0.258 e. The summed E-state index contributed by atoms with van der Waals surface area (Å²) >= 11 is 6.13. The highest BCUT2D eigenvalue weighted by Crippen LogP contribution is 2.28. The number of carbonyl (C=O) groups is 1. The van der Waals surface area contributed by atoms with Gasteiger partial charge in [-0.25, -0.2) is 4.39 Å². The summed E-state index contributed by atoms with van der Waals surface area (Å²) in [6.45, 7) is 6.37. The van der Waals surface area contributed by atoms with Crippen molar-refractivity contribution in [1.29, 1.82) is 0 Å². The summed E-state index contributed by atoms with van der Waals surface area (Å²) in [5, 5.41) is 8.29. The molecule has 22 heavy (non-hydrogen) atoms. The predicted molar refractivity (Wildman–Crippen MR) is 80.4 cm³/mol. The fourth-order valence-corrected chi connectivity index (χ4v) is 3.13. The van der Waals surface area contributed by atoms with Crippen LogP contribution in [-0.2, 0) is 6.54 Å². The number of aryl methyl sites for hydroxylation is 2. The van der Waals surface area contributed by atoms with Gasteiger partial charge < -0.3 is 9.47 Å². The van der Waals surface area contributed by atoms with Gasteiger partial charge in [0, 0.05) is 6.54 Å². The third kappa shape index (κ3) is 2.27. The average molecular weight is 323 g/mol. The van der Waals surface area contributed by atoms with Crippen LogP contribution in [0.2, 0.25) is 5.02 Å². The van der Waals surface area contributed by atoms with Crippen molar-refractivity contribution in [1.82, 2.24) is 19.7 Å². The van der Waals surface area contributed by atoms with Crippen LogP contribution in [0.1, 0.15) is 40.5 Å². The number of nitrogens with zero attached hydrogens (tertiary/aromatic N) is 4. The van der Waals surface area contributed by atoms with Crippen LogP contribution in [0.5, 0.6) is 0 Å². The Morgan fingerprint density at radius 3 is 2.82 bits per heavy atom. The van der Waals surface area contributed by atoms with Crippen molar-refractivity contribution in [3.63, 3.8) is 0 Å². The van der Waals surface area contributed by atoms with Crippen LogP contribution >= 0.6 is 11.6 Å². The number of halogens is 2. The van der Waals surface area contributed by atoms with E-state index in [0.29, 0.717) is 24.5 Å². The summed E-state index contributed by atoms with van der Waals surface area (Å²) in [6.07, 6.45) is 0. The molecule has 0 unspecified atom stereocenters. The molecular formula is C15H16ClFN4O. The highest BCUT2D eigenvalue weighted by atomic mass is 35.5. The molecule has 7 heteroatoms. The van der Waals surface area contributed by atoms with E-state index in [1.54, 1.807) is 17.9 Å². The van der Waals surface area contributed by atoms with Gasteiger partial charge in [0.15, 0.2) is 5.82 Å². The maximum atomic E-state index is 14.1. The molecule has 1 aliphatic heterocycles. The molecule has 5 nitrogen and oxygen atoms in total. The molecule has 1 amide bonds. The van der Waals surface area contributed by atoms with Gasteiger partial charge >= 0.3 is 0 Å². The lowest BCUT2D eigenvalue weighted by atomic mass is 10.1. The first-order valence-electron chi connectivity index (χ1n) is 7.04. The van der Waals surface area contributed by atoms with E-state index in [9.17, 15) is 9.18 Å². The fraction of sp³-hybridized carbons (Fsp3) is 0.400. The maximum absolute atomic E-state index is 14.1. The molecule has 1 atom stereocenters. The van der Waals surface area contributed by atoms with Crippen molar-refractivity contribution in [2.45, 2.75) is 33.4 Å². The highest BCUT2D eigenvalue weighted by molar-refractivity contribution is 6.34. The molecule has 0 spiro atoms. The van der Waals surface area contributed by atoms with Crippen LogP contribution in [0.15, 0.2) is 12.1 Å². The number of amides is 1. The monoisotopic (exact) mass is 322 g/mol. The van der Waals surface area contributed by atoms with Crippen molar-refractivity contribution in [3.05, 3.63) is 45.7 Å². The molecular weight excluding hydrogens is 307 g/mol. The van der Waals surface area contributed by atoms with E-state index >= 15 is 0 Å². The Hall–Kier alpha value is -1.95. The minimum absolute atomic E-state index is 0.0364. The smallest absolute Gasteiger partial charge is 0.258 e. The first-order chi connectivity index (χ1) is 10.4. The van der Waals surface area contributed by atoms with Crippen molar-refractivity contribution in [3.8, 4) is 0 Å². The van der Waals surface area contributed by atoms with E-state index in [4.69, 9.17) is 11.6 Å². The van der Waals surface area contributed by atoms with Crippen molar-refractivity contribution < 1.29 is 9.18 Å². The van der Waals surface area contributed by atoms with Gasteiger partial charge in [-0.3, -0.25) is 4.79 Å². The number of hydrogen-bond acceptors (Lipinski definition) is 3. The zero-order chi connectivity index (χ0) is 16.0. The van der Waals surface area contributed by atoms with Crippen LogP contribution in [-0.4, -0.2) is 32.1 Å². The first-order valence-corrected chi connectivity index (χ1v) is 7.42. The third-order valence-electron chi connectivity index (χ3n) is 3.98. The van der Waals surface area contributed by atoms with E-state index in [0.717, 1.165) is 5.82 Å². The first kappa shape index (κ1) is 15.0. The molecule has 116 valence electrons. The average Bonchev–Trinajstić information content (AvgIpc) is 2.85. The quantitative estimate of drug-likeness (QED) is 0.811. The minimum atomic E-state index is -0.600. The largest absolute Gasteiger partial charge is 0.329 e. The zero-order valence-corrected chi connectivity index (χ0v) is 13.4. The van der Waals surface area contributed by atoms with E-state index in [-0.39, 0.29) is 16.6 Å². The fourth-order valence-electron chi connectivity index (χ4n) is 2.90. The molecule has 2 heterocycles. The van der Waals surface area contributed by atoms with E-state index in [1.807, 2.05) is 18.4 Å². The van der Waals surface area contributed by atoms with Gasteiger partial charge in [0.1, 0.15) is 11.6 Å². The van der Waals surface area contributed by atoms with Gasteiger partial charge in [-0.15, -0.1) is 10.2 Å². The standard InChI is InChI=1S/C15H16ClFN4O/c1-8-4-5-11(17)13(14(8)16)15(22)20-6-9(2)21-10(3)18-19-12(21)7-20/h4-5,9H,6-7H2,1-3H3/t9-/m0/s1. The molecule has 3 rings (SSSR count). The molecule has 1 aromatic heterocycles. The Morgan fingerprint density at radius 1 is 1.36 bits per heavy atom. The summed E-state index contributed by atoms with van der Waals surface area (Å²) < 4.78 is 16.1. The SMILES string of the molecule is Cc1ccc(F)c(C(=O)N2Cc3nnc(C)n3[C@@H](C)C2)c1Cl. The van der Waals surface area contributed by atoms with Crippen LogP contribution < -0.4 is 0 Å². The number of rotatable bonds is 1. The normalized spacial score (nSPS) is 17.5. The van der Waals surface area contributed by atoms with Crippen molar-refractivity contribution in [2.24, 2.45) is 0 Å². The number of carbonyl (C=O) groups excluding carboxylic acids is 1. The Kier molecular flexibility index (Phi) is 3.64. The van der Waals surface area contributed by atoms with E-state index in [2.05, 4.69) is 10.2 Å². The molecule has 0 N–H and O–H groups in total. The summed E-state index contributed by atoms with van der Waals surface area (Å²) in [4.78, 5) is 14.3. The zero-order valence-electron chi connectivity index (χ0n) is 12.6. The molecule has 0 saturated heterocycles. The molecule has 0 aliphatic carbocycles. The van der Waals surface area contributed by atoms with Crippen molar-refractivity contribution >= 4 is 17.5 Å². The Balaban J connectivity index is 1.97. The van der Waals surface area contributed by atoms with Crippen LogP contribution in [0.3, 0.4) is 0 Å². The van der Waals surface area contributed by atoms with Gasteiger partial charge in [0.05, 0.1) is 23.2 Å². The van der Waals surface area contributed by atoms with Gasteiger partial charge in [0.25, 0.3) is 5.91 Å².